The average Bonchev–Trinajstić information content (AvgIpc) is 3.15. The van der Waals surface area contributed by atoms with Crippen LogP contribution in [0.5, 0.6) is 0 Å². The minimum atomic E-state index is -0.942. The van der Waals surface area contributed by atoms with Crippen LogP contribution in [0, 0.1) is 0 Å². The van der Waals surface area contributed by atoms with E-state index in [1.165, 1.54) is 4.90 Å². The molecule has 1 aromatic rings. The van der Waals surface area contributed by atoms with Crippen molar-refractivity contribution in [3.63, 3.8) is 0 Å². The standard InChI is InChI=1S/C13H15Cl2NO3/c14-11-6-8(3-4-17)5-9(12(11)15)7-16(13(18)19)10-1-2-10/h5-6,10,17H,1-4,7H2,(H,18,19). The van der Waals surface area contributed by atoms with Crippen molar-refractivity contribution in [1.29, 1.82) is 0 Å². The van der Waals surface area contributed by atoms with Gasteiger partial charge in [-0.05, 0) is 36.5 Å². The van der Waals surface area contributed by atoms with Crippen LogP contribution in [0.3, 0.4) is 0 Å². The molecule has 1 aromatic carbocycles. The molecule has 0 spiro atoms. The second-order valence-corrected chi connectivity index (χ2v) is 5.45. The summed E-state index contributed by atoms with van der Waals surface area (Å²) < 4.78 is 0. The van der Waals surface area contributed by atoms with Gasteiger partial charge >= 0.3 is 6.09 Å². The van der Waals surface area contributed by atoms with E-state index in [4.69, 9.17) is 28.3 Å². The van der Waals surface area contributed by atoms with Gasteiger partial charge in [-0.25, -0.2) is 4.79 Å². The van der Waals surface area contributed by atoms with E-state index >= 15 is 0 Å². The fourth-order valence-corrected chi connectivity index (χ4v) is 2.45. The number of aliphatic hydroxyl groups excluding tert-OH is 1. The highest BCUT2D eigenvalue weighted by Crippen LogP contribution is 2.33. The molecule has 0 bridgehead atoms. The number of carboxylic acid groups (broad SMARTS) is 1. The van der Waals surface area contributed by atoms with E-state index in [-0.39, 0.29) is 19.2 Å². The molecule has 104 valence electrons. The second-order valence-electron chi connectivity index (χ2n) is 4.67. The molecular weight excluding hydrogens is 289 g/mol. The maximum absolute atomic E-state index is 11.2. The van der Waals surface area contributed by atoms with E-state index in [9.17, 15) is 9.90 Å². The molecule has 0 radical (unpaired) electrons. The van der Waals surface area contributed by atoms with Crippen molar-refractivity contribution in [1.82, 2.24) is 4.90 Å². The lowest BCUT2D eigenvalue weighted by Gasteiger charge is -2.20. The number of benzene rings is 1. The molecule has 2 N–H and O–H groups in total. The van der Waals surface area contributed by atoms with Crippen molar-refractivity contribution in [3.05, 3.63) is 33.3 Å². The highest BCUT2D eigenvalue weighted by Gasteiger charge is 2.33. The van der Waals surface area contributed by atoms with Crippen molar-refractivity contribution >= 4 is 29.3 Å². The number of nitrogens with zero attached hydrogens (tertiary/aromatic N) is 1. The van der Waals surface area contributed by atoms with Gasteiger partial charge in [0.1, 0.15) is 0 Å². The SMILES string of the molecule is O=C(O)N(Cc1cc(CCO)cc(Cl)c1Cl)C1CC1. The Morgan fingerprint density at radius 2 is 2.05 bits per heavy atom. The number of rotatable bonds is 5. The van der Waals surface area contributed by atoms with Crippen molar-refractivity contribution < 1.29 is 15.0 Å². The molecule has 19 heavy (non-hydrogen) atoms. The van der Waals surface area contributed by atoms with Gasteiger partial charge in [-0.3, -0.25) is 0 Å². The summed E-state index contributed by atoms with van der Waals surface area (Å²) in [5.41, 5.74) is 1.54. The highest BCUT2D eigenvalue weighted by molar-refractivity contribution is 6.42. The predicted octanol–water partition coefficient (Wildman–Crippen LogP) is 3.17. The van der Waals surface area contributed by atoms with Crippen LogP contribution in [0.1, 0.15) is 24.0 Å². The first kappa shape index (κ1) is 14.4. The van der Waals surface area contributed by atoms with E-state index in [0.29, 0.717) is 22.0 Å². The van der Waals surface area contributed by atoms with Crippen molar-refractivity contribution in [2.45, 2.75) is 31.8 Å². The molecule has 0 atom stereocenters. The third-order valence-corrected chi connectivity index (χ3v) is 3.98. The first-order valence-electron chi connectivity index (χ1n) is 6.10. The Morgan fingerprint density at radius 1 is 1.37 bits per heavy atom. The van der Waals surface area contributed by atoms with Crippen LogP contribution in [0.2, 0.25) is 10.0 Å². The van der Waals surface area contributed by atoms with E-state index in [0.717, 1.165) is 18.4 Å². The molecule has 1 amide bonds. The van der Waals surface area contributed by atoms with Gasteiger partial charge in [0, 0.05) is 12.6 Å². The highest BCUT2D eigenvalue weighted by atomic mass is 35.5. The fourth-order valence-electron chi connectivity index (χ4n) is 2.02. The molecule has 1 aliphatic rings. The molecule has 1 saturated carbocycles. The topological polar surface area (TPSA) is 60.8 Å². The molecule has 0 aliphatic heterocycles. The maximum Gasteiger partial charge on any atom is 0.407 e. The Morgan fingerprint density at radius 3 is 2.58 bits per heavy atom. The summed E-state index contributed by atoms with van der Waals surface area (Å²) in [5, 5.41) is 18.9. The van der Waals surface area contributed by atoms with E-state index in [2.05, 4.69) is 0 Å². The lowest BCUT2D eigenvalue weighted by Crippen LogP contribution is -2.31. The van der Waals surface area contributed by atoms with Gasteiger partial charge in [-0.15, -0.1) is 0 Å². The molecule has 1 aliphatic carbocycles. The van der Waals surface area contributed by atoms with Crippen LogP contribution >= 0.6 is 23.2 Å². The molecule has 0 aromatic heterocycles. The Labute approximate surface area is 121 Å². The summed E-state index contributed by atoms with van der Waals surface area (Å²) in [7, 11) is 0. The van der Waals surface area contributed by atoms with Gasteiger partial charge in [0.15, 0.2) is 0 Å². The summed E-state index contributed by atoms with van der Waals surface area (Å²) in [6, 6.07) is 3.60. The van der Waals surface area contributed by atoms with Gasteiger partial charge in [-0.2, -0.15) is 0 Å². The first-order valence-corrected chi connectivity index (χ1v) is 6.85. The minimum Gasteiger partial charge on any atom is -0.465 e. The maximum atomic E-state index is 11.2. The molecule has 1 fully saturated rings. The van der Waals surface area contributed by atoms with Crippen LogP contribution in [0.25, 0.3) is 0 Å². The molecule has 0 heterocycles. The second kappa shape index (κ2) is 5.99. The van der Waals surface area contributed by atoms with Crippen molar-refractivity contribution in [2.24, 2.45) is 0 Å². The van der Waals surface area contributed by atoms with Crippen LogP contribution < -0.4 is 0 Å². The largest absolute Gasteiger partial charge is 0.465 e. The summed E-state index contributed by atoms with van der Waals surface area (Å²) in [4.78, 5) is 12.6. The summed E-state index contributed by atoms with van der Waals surface area (Å²) in [6.45, 7) is 0.250. The van der Waals surface area contributed by atoms with Crippen molar-refractivity contribution in [2.75, 3.05) is 6.61 Å². The molecule has 0 unspecified atom stereocenters. The van der Waals surface area contributed by atoms with Crippen LogP contribution in [0.4, 0.5) is 4.79 Å². The zero-order valence-electron chi connectivity index (χ0n) is 10.3. The molecule has 2 rings (SSSR count). The number of amides is 1. The van der Waals surface area contributed by atoms with Crippen LogP contribution in [-0.2, 0) is 13.0 Å². The van der Waals surface area contributed by atoms with E-state index in [1.54, 1.807) is 6.07 Å². The molecule has 4 nitrogen and oxygen atoms in total. The zero-order chi connectivity index (χ0) is 14.0. The third kappa shape index (κ3) is 3.53. The average molecular weight is 304 g/mol. The lowest BCUT2D eigenvalue weighted by molar-refractivity contribution is 0.139. The van der Waals surface area contributed by atoms with Crippen LogP contribution in [0.15, 0.2) is 12.1 Å². The van der Waals surface area contributed by atoms with Crippen molar-refractivity contribution in [3.8, 4) is 0 Å². The number of carbonyl (C=O) groups is 1. The van der Waals surface area contributed by atoms with Gasteiger partial charge in [0.2, 0.25) is 0 Å². The Balaban J connectivity index is 2.24. The number of halogens is 2. The summed E-state index contributed by atoms with van der Waals surface area (Å²) >= 11 is 12.2. The Kier molecular flexibility index (Phi) is 4.55. The Bertz CT molecular complexity index is 489. The van der Waals surface area contributed by atoms with Gasteiger partial charge in [0.05, 0.1) is 16.6 Å². The van der Waals surface area contributed by atoms with E-state index < -0.39 is 6.09 Å². The fraction of sp³-hybridized carbons (Fsp3) is 0.462. The zero-order valence-corrected chi connectivity index (χ0v) is 11.8. The monoisotopic (exact) mass is 303 g/mol. The Hall–Kier alpha value is -0.970. The number of aliphatic hydroxyl groups is 1. The summed E-state index contributed by atoms with van der Waals surface area (Å²) in [6.07, 6.45) is 1.32. The normalized spacial score (nSPS) is 14.5. The quantitative estimate of drug-likeness (QED) is 0.878. The smallest absolute Gasteiger partial charge is 0.407 e. The van der Waals surface area contributed by atoms with E-state index in [1.807, 2.05) is 6.07 Å². The predicted molar refractivity (Wildman–Crippen MR) is 73.8 cm³/mol. The van der Waals surface area contributed by atoms with Gasteiger partial charge in [-0.1, -0.05) is 29.3 Å². The van der Waals surface area contributed by atoms with Gasteiger partial charge < -0.3 is 15.1 Å². The number of hydrogen-bond acceptors (Lipinski definition) is 2. The number of hydrogen-bond donors (Lipinski definition) is 2. The molecule has 6 heteroatoms. The van der Waals surface area contributed by atoms with Gasteiger partial charge in [0.25, 0.3) is 0 Å². The first-order chi connectivity index (χ1) is 9.02. The third-order valence-electron chi connectivity index (χ3n) is 3.14. The van der Waals surface area contributed by atoms with Crippen LogP contribution in [-0.4, -0.2) is 33.9 Å². The molecular formula is C13H15Cl2NO3. The lowest BCUT2D eigenvalue weighted by atomic mass is 10.1. The minimum absolute atomic E-state index is 0.0165. The summed E-state index contributed by atoms with van der Waals surface area (Å²) in [5.74, 6) is 0. The molecule has 0 saturated heterocycles.